The molecule has 0 aliphatic heterocycles. The zero-order valence-corrected chi connectivity index (χ0v) is 11.3. The van der Waals surface area contributed by atoms with Gasteiger partial charge in [0.05, 0.1) is 12.0 Å². The number of nitro benzene ring substituents is 1. The van der Waals surface area contributed by atoms with Gasteiger partial charge in [-0.25, -0.2) is 4.79 Å². The average Bonchev–Trinajstić information content (AvgIpc) is 2.52. The maximum Gasteiger partial charge on any atom is 0.345 e. The minimum Gasteiger partial charge on any atom is -0.482 e. The van der Waals surface area contributed by atoms with Gasteiger partial charge in [0.25, 0.3) is 0 Å². The fourth-order valence-electron chi connectivity index (χ4n) is 1.84. The Balaban J connectivity index is 2.30. The third-order valence-corrected chi connectivity index (χ3v) is 2.82. The molecule has 0 heterocycles. The molecule has 2 aromatic carbocycles. The smallest absolute Gasteiger partial charge is 0.345 e. The highest BCUT2D eigenvalue weighted by Crippen LogP contribution is 2.31. The van der Waals surface area contributed by atoms with Gasteiger partial charge in [-0.05, 0) is 17.7 Å². The van der Waals surface area contributed by atoms with Crippen LogP contribution in [0.25, 0.3) is 0 Å². The van der Waals surface area contributed by atoms with Crippen molar-refractivity contribution in [1.82, 2.24) is 0 Å². The summed E-state index contributed by atoms with van der Waals surface area (Å²) in [5.41, 5.74) is 0.351. The minimum atomic E-state index is -0.771. The van der Waals surface area contributed by atoms with E-state index < -0.39 is 10.9 Å². The Hall–Kier alpha value is -2.89. The van der Waals surface area contributed by atoms with E-state index in [1.807, 2.05) is 30.3 Å². The van der Waals surface area contributed by atoms with Crippen molar-refractivity contribution in [3.05, 3.63) is 69.8 Å². The molecular formula is C15H13NO5. The first-order valence-corrected chi connectivity index (χ1v) is 6.16. The molecule has 0 aliphatic rings. The lowest BCUT2D eigenvalue weighted by atomic mass is 10.1. The van der Waals surface area contributed by atoms with Gasteiger partial charge >= 0.3 is 11.7 Å². The number of hydrogen-bond donors (Lipinski definition) is 0. The van der Waals surface area contributed by atoms with Crippen molar-refractivity contribution in [2.75, 3.05) is 7.11 Å². The molecule has 0 atom stereocenters. The van der Waals surface area contributed by atoms with Gasteiger partial charge in [-0.3, -0.25) is 10.1 Å². The monoisotopic (exact) mass is 287 g/mol. The van der Waals surface area contributed by atoms with Crippen LogP contribution < -0.4 is 4.74 Å². The van der Waals surface area contributed by atoms with E-state index in [0.717, 1.165) is 5.56 Å². The third-order valence-electron chi connectivity index (χ3n) is 2.82. The molecule has 0 bridgehead atoms. The van der Waals surface area contributed by atoms with Crippen molar-refractivity contribution in [1.29, 1.82) is 0 Å². The number of para-hydroxylation sites is 1. The van der Waals surface area contributed by atoms with Gasteiger partial charge in [-0.15, -0.1) is 0 Å². The molecule has 0 saturated carbocycles. The van der Waals surface area contributed by atoms with Crippen molar-refractivity contribution in [2.24, 2.45) is 0 Å². The second-order valence-electron chi connectivity index (χ2n) is 4.18. The van der Waals surface area contributed by atoms with E-state index in [1.165, 1.54) is 25.3 Å². The number of carbonyl (C=O) groups is 1. The maximum absolute atomic E-state index is 11.6. The number of esters is 1. The first-order valence-electron chi connectivity index (χ1n) is 6.16. The summed E-state index contributed by atoms with van der Waals surface area (Å²) in [4.78, 5) is 22.1. The van der Waals surface area contributed by atoms with Crippen LogP contribution >= 0.6 is 0 Å². The summed E-state index contributed by atoms with van der Waals surface area (Å²) in [5.74, 6) is -0.737. The summed E-state index contributed by atoms with van der Waals surface area (Å²) in [6.45, 7) is 0.173. The summed E-state index contributed by atoms with van der Waals surface area (Å²) in [6.07, 6.45) is 0. The van der Waals surface area contributed by atoms with E-state index in [-0.39, 0.29) is 23.6 Å². The lowest BCUT2D eigenvalue weighted by Gasteiger charge is -2.09. The second kappa shape index (κ2) is 6.51. The molecule has 0 aliphatic carbocycles. The highest BCUT2D eigenvalue weighted by atomic mass is 16.6. The van der Waals surface area contributed by atoms with Crippen molar-refractivity contribution in [3.8, 4) is 5.75 Å². The SMILES string of the molecule is COC(=O)c1cccc(OCc2ccccc2)c1[N+](=O)[O-]. The number of methoxy groups -OCH3 is 1. The predicted octanol–water partition coefficient (Wildman–Crippen LogP) is 2.96. The standard InChI is InChI=1S/C15H13NO5/c1-20-15(17)12-8-5-9-13(14(12)16(18)19)21-10-11-6-3-2-4-7-11/h2-9H,10H2,1H3. The quantitative estimate of drug-likeness (QED) is 0.480. The second-order valence-corrected chi connectivity index (χ2v) is 4.18. The van der Waals surface area contributed by atoms with Gasteiger partial charge in [0.15, 0.2) is 5.75 Å². The van der Waals surface area contributed by atoms with E-state index in [9.17, 15) is 14.9 Å². The number of carbonyl (C=O) groups excluding carboxylic acids is 1. The molecule has 0 saturated heterocycles. The van der Waals surface area contributed by atoms with Crippen LogP contribution in [0.1, 0.15) is 15.9 Å². The number of benzene rings is 2. The Morgan fingerprint density at radius 3 is 2.48 bits per heavy atom. The van der Waals surface area contributed by atoms with Gasteiger partial charge in [-0.1, -0.05) is 36.4 Å². The van der Waals surface area contributed by atoms with Crippen molar-refractivity contribution >= 4 is 11.7 Å². The van der Waals surface area contributed by atoms with Crippen LogP contribution in [-0.2, 0) is 11.3 Å². The highest BCUT2D eigenvalue weighted by Gasteiger charge is 2.26. The molecule has 2 rings (SSSR count). The largest absolute Gasteiger partial charge is 0.482 e. The van der Waals surface area contributed by atoms with E-state index in [2.05, 4.69) is 4.74 Å². The molecule has 6 nitrogen and oxygen atoms in total. The van der Waals surface area contributed by atoms with Gasteiger partial charge in [0.1, 0.15) is 12.2 Å². The molecule has 0 radical (unpaired) electrons. The molecule has 0 unspecified atom stereocenters. The molecule has 0 fully saturated rings. The zero-order valence-electron chi connectivity index (χ0n) is 11.3. The Bertz CT molecular complexity index is 654. The van der Waals surface area contributed by atoms with Gasteiger partial charge in [-0.2, -0.15) is 0 Å². The topological polar surface area (TPSA) is 78.7 Å². The van der Waals surface area contributed by atoms with Crippen LogP contribution in [0.5, 0.6) is 5.75 Å². The van der Waals surface area contributed by atoms with Gasteiger partial charge < -0.3 is 9.47 Å². The first kappa shape index (κ1) is 14.5. The van der Waals surface area contributed by atoms with Crippen molar-refractivity contribution in [3.63, 3.8) is 0 Å². The van der Waals surface area contributed by atoms with Crippen LogP contribution in [-0.4, -0.2) is 18.0 Å². The first-order chi connectivity index (χ1) is 10.1. The van der Waals surface area contributed by atoms with E-state index in [4.69, 9.17) is 4.74 Å². The number of nitro groups is 1. The fraction of sp³-hybridized carbons (Fsp3) is 0.133. The highest BCUT2D eigenvalue weighted by molar-refractivity contribution is 5.95. The summed E-state index contributed by atoms with van der Waals surface area (Å²) in [6, 6.07) is 13.5. The van der Waals surface area contributed by atoms with Crippen molar-refractivity contribution < 1.29 is 19.2 Å². The molecule has 108 valence electrons. The third kappa shape index (κ3) is 3.36. The molecule has 2 aromatic rings. The van der Waals surface area contributed by atoms with E-state index in [0.29, 0.717) is 0 Å². The summed E-state index contributed by atoms with van der Waals surface area (Å²) in [7, 11) is 1.17. The van der Waals surface area contributed by atoms with Crippen LogP contribution in [0.15, 0.2) is 48.5 Å². The van der Waals surface area contributed by atoms with E-state index in [1.54, 1.807) is 0 Å². The summed E-state index contributed by atoms with van der Waals surface area (Å²) in [5, 5.41) is 11.2. The Morgan fingerprint density at radius 1 is 1.14 bits per heavy atom. The lowest BCUT2D eigenvalue weighted by molar-refractivity contribution is -0.386. The molecule has 21 heavy (non-hydrogen) atoms. The number of ether oxygens (including phenoxy) is 2. The van der Waals surface area contributed by atoms with Crippen molar-refractivity contribution in [2.45, 2.75) is 6.61 Å². The van der Waals surface area contributed by atoms with Crippen LogP contribution in [0, 0.1) is 10.1 Å². The number of nitrogens with zero attached hydrogens (tertiary/aromatic N) is 1. The minimum absolute atomic E-state index is 0.0340. The maximum atomic E-state index is 11.6. The molecule has 0 aromatic heterocycles. The van der Waals surface area contributed by atoms with Crippen LogP contribution in [0.4, 0.5) is 5.69 Å². The molecular weight excluding hydrogens is 274 g/mol. The molecule has 6 heteroatoms. The van der Waals surface area contributed by atoms with Crippen LogP contribution in [0.3, 0.4) is 0 Å². The Morgan fingerprint density at radius 2 is 1.86 bits per heavy atom. The molecule has 0 amide bonds. The van der Waals surface area contributed by atoms with Gasteiger partial charge in [0, 0.05) is 0 Å². The normalized spacial score (nSPS) is 9.95. The van der Waals surface area contributed by atoms with E-state index >= 15 is 0 Å². The number of hydrogen-bond acceptors (Lipinski definition) is 5. The Labute approximate surface area is 121 Å². The Kier molecular flexibility index (Phi) is 4.50. The zero-order chi connectivity index (χ0) is 15.2. The number of rotatable bonds is 5. The predicted molar refractivity (Wildman–Crippen MR) is 75.2 cm³/mol. The van der Waals surface area contributed by atoms with Crippen LogP contribution in [0.2, 0.25) is 0 Å². The summed E-state index contributed by atoms with van der Waals surface area (Å²) >= 11 is 0. The lowest BCUT2D eigenvalue weighted by Crippen LogP contribution is -2.07. The summed E-state index contributed by atoms with van der Waals surface area (Å²) < 4.78 is 10.0. The molecule has 0 N–H and O–H groups in total. The average molecular weight is 287 g/mol. The fourth-order valence-corrected chi connectivity index (χ4v) is 1.84. The van der Waals surface area contributed by atoms with Gasteiger partial charge in [0.2, 0.25) is 0 Å². The molecule has 0 spiro atoms.